The number of ether oxygens (including phenoxy) is 2. The van der Waals surface area contributed by atoms with Crippen LogP contribution in [0.5, 0.6) is 5.75 Å². The van der Waals surface area contributed by atoms with Gasteiger partial charge < -0.3 is 9.47 Å². The minimum absolute atomic E-state index is 0.0312. The van der Waals surface area contributed by atoms with Crippen molar-refractivity contribution < 1.29 is 9.47 Å². The Labute approximate surface area is 114 Å². The van der Waals surface area contributed by atoms with Crippen LogP contribution >= 0.6 is 0 Å². The van der Waals surface area contributed by atoms with Crippen LogP contribution in [0.4, 0.5) is 0 Å². The van der Waals surface area contributed by atoms with Crippen molar-refractivity contribution in [3.8, 4) is 5.75 Å². The summed E-state index contributed by atoms with van der Waals surface area (Å²) < 4.78 is 10.9. The molecule has 1 heterocycles. The van der Waals surface area contributed by atoms with Crippen LogP contribution in [0.1, 0.15) is 37.9 Å². The number of nitrogens with zero attached hydrogens (tertiary/aromatic N) is 1. The van der Waals surface area contributed by atoms with Gasteiger partial charge in [-0.15, -0.1) is 0 Å². The third-order valence-electron chi connectivity index (χ3n) is 3.71. The summed E-state index contributed by atoms with van der Waals surface area (Å²) in [5.41, 5.74) is 3.74. The Bertz CT molecular complexity index is 394. The highest BCUT2D eigenvalue weighted by Gasteiger charge is 2.32. The summed E-state index contributed by atoms with van der Waals surface area (Å²) in [5.74, 6) is 7.10. The second kappa shape index (κ2) is 6.84. The van der Waals surface area contributed by atoms with Crippen LogP contribution in [-0.4, -0.2) is 24.8 Å². The van der Waals surface area contributed by atoms with Gasteiger partial charge in [-0.3, -0.25) is 16.3 Å². The first-order chi connectivity index (χ1) is 9.28. The molecule has 5 nitrogen and oxygen atoms in total. The average Bonchev–Trinajstić information content (AvgIpc) is 2.41. The summed E-state index contributed by atoms with van der Waals surface area (Å²) in [4.78, 5) is 4.39. The molecule has 1 aromatic heterocycles. The van der Waals surface area contributed by atoms with E-state index in [4.69, 9.17) is 15.3 Å². The highest BCUT2D eigenvalue weighted by Crippen LogP contribution is 2.37. The van der Waals surface area contributed by atoms with Gasteiger partial charge in [0, 0.05) is 12.8 Å². The van der Waals surface area contributed by atoms with Gasteiger partial charge in [-0.05, 0) is 44.2 Å². The van der Waals surface area contributed by atoms with Crippen molar-refractivity contribution in [2.75, 3.05) is 13.7 Å². The van der Waals surface area contributed by atoms with Crippen LogP contribution in [0.2, 0.25) is 0 Å². The van der Waals surface area contributed by atoms with Gasteiger partial charge in [0.05, 0.1) is 19.3 Å². The standard InChI is InChI=1S/C14H23N3O2/c1-3-19-11-7-10(8-11)9-12(17-15)14-13(18-2)5-4-6-16-14/h4-6,10-12,17H,3,7-9,15H2,1-2H3. The largest absolute Gasteiger partial charge is 0.495 e. The van der Waals surface area contributed by atoms with Gasteiger partial charge >= 0.3 is 0 Å². The normalized spacial score (nSPS) is 23.7. The van der Waals surface area contributed by atoms with E-state index in [-0.39, 0.29) is 6.04 Å². The third kappa shape index (κ3) is 3.43. The molecule has 1 aromatic rings. The Morgan fingerprint density at radius 1 is 1.53 bits per heavy atom. The third-order valence-corrected chi connectivity index (χ3v) is 3.71. The maximum absolute atomic E-state index is 5.67. The number of hydrogen-bond acceptors (Lipinski definition) is 5. The summed E-state index contributed by atoms with van der Waals surface area (Å²) >= 11 is 0. The summed E-state index contributed by atoms with van der Waals surface area (Å²) in [6.45, 7) is 2.83. The molecule has 1 atom stereocenters. The predicted octanol–water partition coefficient (Wildman–Crippen LogP) is 1.80. The van der Waals surface area contributed by atoms with Crippen LogP contribution in [0, 0.1) is 5.92 Å². The summed E-state index contributed by atoms with van der Waals surface area (Å²) in [5, 5.41) is 0. The van der Waals surface area contributed by atoms with Crippen molar-refractivity contribution in [2.45, 2.75) is 38.3 Å². The number of hydrogen-bond donors (Lipinski definition) is 2. The maximum Gasteiger partial charge on any atom is 0.142 e. The Kier molecular flexibility index (Phi) is 5.13. The van der Waals surface area contributed by atoms with Crippen molar-refractivity contribution >= 4 is 0 Å². The molecular formula is C14H23N3O2. The first kappa shape index (κ1) is 14.2. The van der Waals surface area contributed by atoms with Crippen LogP contribution in [0.15, 0.2) is 18.3 Å². The van der Waals surface area contributed by atoms with E-state index in [0.717, 1.165) is 37.3 Å². The smallest absolute Gasteiger partial charge is 0.142 e. The van der Waals surface area contributed by atoms with Crippen molar-refractivity contribution in [1.29, 1.82) is 0 Å². The molecule has 1 aliphatic rings. The van der Waals surface area contributed by atoms with Gasteiger partial charge in [0.25, 0.3) is 0 Å². The Balaban J connectivity index is 1.94. The Hall–Kier alpha value is -1.17. The van der Waals surface area contributed by atoms with Crippen LogP contribution in [0.25, 0.3) is 0 Å². The molecule has 0 bridgehead atoms. The lowest BCUT2D eigenvalue weighted by molar-refractivity contribution is -0.0293. The van der Waals surface area contributed by atoms with Crippen molar-refractivity contribution in [3.05, 3.63) is 24.0 Å². The molecule has 0 spiro atoms. The van der Waals surface area contributed by atoms with Gasteiger partial charge in [0.1, 0.15) is 11.4 Å². The molecular weight excluding hydrogens is 242 g/mol. The van der Waals surface area contributed by atoms with E-state index in [9.17, 15) is 0 Å². The van der Waals surface area contributed by atoms with Gasteiger partial charge in [-0.25, -0.2) is 0 Å². The SMILES string of the molecule is CCOC1CC(CC(NN)c2ncccc2OC)C1. The highest BCUT2D eigenvalue weighted by molar-refractivity contribution is 5.29. The first-order valence-electron chi connectivity index (χ1n) is 6.85. The fraction of sp³-hybridized carbons (Fsp3) is 0.643. The number of rotatable bonds is 7. The monoisotopic (exact) mass is 265 g/mol. The van der Waals surface area contributed by atoms with E-state index < -0.39 is 0 Å². The van der Waals surface area contributed by atoms with E-state index in [1.165, 1.54) is 0 Å². The van der Waals surface area contributed by atoms with Crippen LogP contribution < -0.4 is 16.0 Å². The minimum Gasteiger partial charge on any atom is -0.495 e. The molecule has 5 heteroatoms. The zero-order chi connectivity index (χ0) is 13.7. The van der Waals surface area contributed by atoms with Crippen molar-refractivity contribution in [3.63, 3.8) is 0 Å². The number of nitrogens with one attached hydrogen (secondary N) is 1. The fourth-order valence-electron chi connectivity index (χ4n) is 2.67. The molecule has 3 N–H and O–H groups in total. The zero-order valence-corrected chi connectivity index (χ0v) is 11.6. The molecule has 19 heavy (non-hydrogen) atoms. The summed E-state index contributed by atoms with van der Waals surface area (Å²) in [7, 11) is 1.66. The van der Waals surface area contributed by atoms with E-state index in [1.54, 1.807) is 13.3 Å². The molecule has 0 aromatic carbocycles. The predicted molar refractivity (Wildman–Crippen MR) is 73.6 cm³/mol. The van der Waals surface area contributed by atoms with E-state index in [2.05, 4.69) is 10.4 Å². The average molecular weight is 265 g/mol. The molecule has 0 amide bonds. The lowest BCUT2D eigenvalue weighted by Crippen LogP contribution is -2.37. The lowest BCUT2D eigenvalue weighted by Gasteiger charge is -2.36. The second-order valence-corrected chi connectivity index (χ2v) is 4.96. The summed E-state index contributed by atoms with van der Waals surface area (Å²) in [6, 6.07) is 3.81. The number of hydrazine groups is 1. The molecule has 0 radical (unpaired) electrons. The van der Waals surface area contributed by atoms with Crippen LogP contribution in [0.3, 0.4) is 0 Å². The van der Waals surface area contributed by atoms with E-state index >= 15 is 0 Å². The van der Waals surface area contributed by atoms with E-state index in [1.807, 2.05) is 19.1 Å². The molecule has 106 valence electrons. The van der Waals surface area contributed by atoms with Crippen molar-refractivity contribution in [1.82, 2.24) is 10.4 Å². The molecule has 0 saturated heterocycles. The number of pyridine rings is 1. The lowest BCUT2D eigenvalue weighted by atomic mass is 9.77. The summed E-state index contributed by atoms with van der Waals surface area (Å²) in [6.07, 6.45) is 5.39. The molecule has 1 saturated carbocycles. The minimum atomic E-state index is 0.0312. The molecule has 1 aliphatic carbocycles. The second-order valence-electron chi connectivity index (χ2n) is 4.96. The van der Waals surface area contributed by atoms with Crippen molar-refractivity contribution in [2.24, 2.45) is 11.8 Å². The van der Waals surface area contributed by atoms with Crippen LogP contribution in [-0.2, 0) is 4.74 Å². The molecule has 1 unspecified atom stereocenters. The molecule has 0 aliphatic heterocycles. The van der Waals surface area contributed by atoms with Gasteiger partial charge in [0.2, 0.25) is 0 Å². The van der Waals surface area contributed by atoms with Gasteiger partial charge in [-0.2, -0.15) is 0 Å². The maximum atomic E-state index is 5.67. The van der Waals surface area contributed by atoms with E-state index in [0.29, 0.717) is 12.0 Å². The Morgan fingerprint density at radius 3 is 2.95 bits per heavy atom. The molecule has 2 rings (SSSR count). The topological polar surface area (TPSA) is 69.4 Å². The number of aromatic nitrogens is 1. The highest BCUT2D eigenvalue weighted by atomic mass is 16.5. The molecule has 1 fully saturated rings. The van der Waals surface area contributed by atoms with Gasteiger partial charge in [-0.1, -0.05) is 0 Å². The number of nitrogens with two attached hydrogens (primary N) is 1. The first-order valence-corrected chi connectivity index (χ1v) is 6.85. The quantitative estimate of drug-likeness (QED) is 0.581. The zero-order valence-electron chi connectivity index (χ0n) is 11.6. The number of methoxy groups -OCH3 is 1. The van der Waals surface area contributed by atoms with Gasteiger partial charge in [0.15, 0.2) is 0 Å². The Morgan fingerprint density at radius 2 is 2.32 bits per heavy atom. The fourth-order valence-corrected chi connectivity index (χ4v) is 2.67.